The van der Waals surface area contributed by atoms with Crippen LogP contribution in [0.25, 0.3) is 0 Å². The first-order valence-electron chi connectivity index (χ1n) is 8.22. The number of esters is 2. The number of H-pyrrole nitrogens is 1. The van der Waals surface area contributed by atoms with E-state index in [2.05, 4.69) is 14.9 Å². The fourth-order valence-corrected chi connectivity index (χ4v) is 2.16. The van der Waals surface area contributed by atoms with Crippen LogP contribution in [0.5, 0.6) is 0 Å². The van der Waals surface area contributed by atoms with E-state index in [9.17, 15) is 28.8 Å². The molecule has 0 spiro atoms. The summed E-state index contributed by atoms with van der Waals surface area (Å²) in [5.41, 5.74) is -2.15. The summed E-state index contributed by atoms with van der Waals surface area (Å²) in [6.07, 6.45) is 1.61. The molecule has 14 heteroatoms. The van der Waals surface area contributed by atoms with Crippen LogP contribution in [0.4, 0.5) is 4.39 Å². The summed E-state index contributed by atoms with van der Waals surface area (Å²) in [5.74, 6) is -2.88. The maximum atomic E-state index is 13.1. The van der Waals surface area contributed by atoms with E-state index in [0.29, 0.717) is 23.9 Å². The highest BCUT2D eigenvalue weighted by Crippen LogP contribution is 2.07. The fraction of sp³-hybridized carbons (Fsp3) is 0.571. The van der Waals surface area contributed by atoms with Gasteiger partial charge in [-0.2, -0.15) is 4.39 Å². The Morgan fingerprint density at radius 3 is 2.54 bits per heavy atom. The van der Waals surface area contributed by atoms with Gasteiger partial charge in [0.25, 0.3) is 12.4 Å². The summed E-state index contributed by atoms with van der Waals surface area (Å²) in [4.78, 5) is 51.8. The number of hydrogen-bond donors (Lipinski definition) is 1. The average molecular weight is 403 g/mol. The molecule has 28 heavy (non-hydrogen) atoms. The Hall–Kier alpha value is -3.45. The number of ether oxygens (including phenoxy) is 2. The third-order valence-electron chi connectivity index (χ3n) is 3.59. The second kappa shape index (κ2) is 10.0. The van der Waals surface area contributed by atoms with E-state index in [1.54, 1.807) is 4.98 Å². The van der Waals surface area contributed by atoms with Crippen molar-refractivity contribution in [3.05, 3.63) is 38.1 Å². The summed E-state index contributed by atoms with van der Waals surface area (Å²) in [7, 11) is 0. The van der Waals surface area contributed by atoms with Gasteiger partial charge in [0.15, 0.2) is 6.73 Å². The molecule has 2 rings (SSSR count). The predicted octanol–water partition coefficient (Wildman–Crippen LogP) is -0.638. The topological polar surface area (TPSA) is 158 Å². The van der Waals surface area contributed by atoms with Crippen molar-refractivity contribution in [3.63, 3.8) is 0 Å². The molecule has 0 saturated carbocycles. The van der Waals surface area contributed by atoms with Gasteiger partial charge < -0.3 is 19.5 Å². The van der Waals surface area contributed by atoms with Crippen LogP contribution in [0, 0.1) is 11.0 Å². The molecule has 0 aromatic carbocycles. The van der Waals surface area contributed by atoms with Crippen LogP contribution in [-0.2, 0) is 30.6 Å². The Labute approximate surface area is 156 Å². The quantitative estimate of drug-likeness (QED) is 0.141. The Morgan fingerprint density at radius 2 is 1.86 bits per heavy atom. The lowest BCUT2D eigenvalue weighted by Gasteiger charge is -2.10. The summed E-state index contributed by atoms with van der Waals surface area (Å²) in [5, 5.41) is 16.1. The fourth-order valence-electron chi connectivity index (χ4n) is 2.16. The minimum atomic E-state index is -1.22. The van der Waals surface area contributed by atoms with Crippen LogP contribution >= 0.6 is 0 Å². The average Bonchev–Trinajstić information content (AvgIpc) is 3.20. The number of rotatable bonds is 9. The molecular weight excluding hydrogens is 385 g/mol. The molecule has 0 atom stereocenters. The highest BCUT2D eigenvalue weighted by Gasteiger charge is 2.18. The van der Waals surface area contributed by atoms with Crippen LogP contribution in [0.3, 0.4) is 0 Å². The Bertz CT molecular complexity index is 845. The zero-order chi connectivity index (χ0) is 20.5. The Morgan fingerprint density at radius 1 is 1.21 bits per heavy atom. The molecule has 1 fully saturated rings. The number of aromatic amines is 1. The van der Waals surface area contributed by atoms with Gasteiger partial charge in [0.1, 0.15) is 0 Å². The first-order valence-corrected chi connectivity index (χ1v) is 8.22. The molecular formula is C14H18FN5O8. The number of carbonyl (C=O) groups is 2. The van der Waals surface area contributed by atoms with Crippen molar-refractivity contribution < 1.29 is 33.3 Å². The molecule has 1 aromatic rings. The van der Waals surface area contributed by atoms with Gasteiger partial charge in [-0.1, -0.05) is 0 Å². The van der Waals surface area contributed by atoms with Crippen LogP contribution in [-0.4, -0.2) is 51.4 Å². The number of carbonyl (C=O) groups excluding carboxylic acids is 2. The maximum absolute atomic E-state index is 13.1. The van der Waals surface area contributed by atoms with E-state index in [1.807, 2.05) is 0 Å². The van der Waals surface area contributed by atoms with Gasteiger partial charge in [0.2, 0.25) is 11.1 Å². The number of hydrogen-bond acceptors (Lipinski definition) is 9. The molecule has 0 bridgehead atoms. The minimum absolute atomic E-state index is 0.278. The van der Waals surface area contributed by atoms with Crippen LogP contribution in [0.15, 0.2) is 21.1 Å². The van der Waals surface area contributed by atoms with Crippen molar-refractivity contribution in [2.45, 2.75) is 32.4 Å². The van der Waals surface area contributed by atoms with Crippen molar-refractivity contribution in [3.8, 4) is 0 Å². The molecule has 1 aliphatic rings. The van der Waals surface area contributed by atoms with E-state index >= 15 is 0 Å². The summed E-state index contributed by atoms with van der Waals surface area (Å²) >= 11 is 0. The number of nitrogens with zero attached hydrogens (tertiary/aromatic N) is 4. The first kappa shape index (κ1) is 20.9. The monoisotopic (exact) mass is 403 g/mol. The molecule has 1 saturated heterocycles. The minimum Gasteiger partial charge on any atom is -0.569 e. The Kier molecular flexibility index (Phi) is 7.47. The van der Waals surface area contributed by atoms with Gasteiger partial charge in [-0.05, 0) is 12.8 Å². The lowest BCUT2D eigenvalue weighted by molar-refractivity contribution is -0.708. The van der Waals surface area contributed by atoms with Gasteiger partial charge in [-0.25, -0.2) is 4.79 Å². The van der Waals surface area contributed by atoms with Gasteiger partial charge in [0.05, 0.1) is 37.1 Å². The molecule has 1 N–H and O–H groups in total. The van der Waals surface area contributed by atoms with Crippen LogP contribution < -0.4 is 11.2 Å². The molecule has 1 aliphatic heterocycles. The number of aromatic nitrogens is 2. The van der Waals surface area contributed by atoms with E-state index in [1.165, 1.54) is 5.01 Å². The largest absolute Gasteiger partial charge is 0.569 e. The zero-order valence-corrected chi connectivity index (χ0v) is 14.7. The van der Waals surface area contributed by atoms with Crippen LogP contribution in [0.2, 0.25) is 0 Å². The van der Waals surface area contributed by atoms with Gasteiger partial charge >= 0.3 is 17.6 Å². The molecule has 1 aromatic heterocycles. The van der Waals surface area contributed by atoms with Crippen molar-refractivity contribution in [2.24, 2.45) is 5.28 Å². The molecule has 0 unspecified atom stereocenters. The van der Waals surface area contributed by atoms with Crippen molar-refractivity contribution in [1.29, 1.82) is 0 Å². The lowest BCUT2D eigenvalue weighted by atomic mass is 10.3. The second-order valence-corrected chi connectivity index (χ2v) is 5.61. The molecule has 0 amide bonds. The van der Waals surface area contributed by atoms with Gasteiger partial charge in [-0.3, -0.25) is 23.9 Å². The maximum Gasteiger partial charge on any atom is 0.331 e. The third-order valence-corrected chi connectivity index (χ3v) is 3.59. The van der Waals surface area contributed by atoms with Gasteiger partial charge in [0, 0.05) is 0 Å². The molecule has 154 valence electrons. The van der Waals surface area contributed by atoms with E-state index in [0.717, 1.165) is 12.8 Å². The van der Waals surface area contributed by atoms with Crippen molar-refractivity contribution in [1.82, 2.24) is 14.6 Å². The zero-order valence-electron chi connectivity index (χ0n) is 14.7. The molecule has 0 radical (unpaired) electrons. The third kappa shape index (κ3) is 6.37. The van der Waals surface area contributed by atoms with Crippen molar-refractivity contribution in [2.75, 3.05) is 19.9 Å². The predicted molar refractivity (Wildman–Crippen MR) is 85.5 cm³/mol. The van der Waals surface area contributed by atoms with E-state index in [-0.39, 0.29) is 17.8 Å². The molecule has 2 heterocycles. The van der Waals surface area contributed by atoms with Crippen LogP contribution in [0.1, 0.15) is 25.7 Å². The van der Waals surface area contributed by atoms with Gasteiger partial charge in [-0.15, -0.1) is 5.01 Å². The van der Waals surface area contributed by atoms with E-state index < -0.39 is 42.5 Å². The van der Waals surface area contributed by atoms with Crippen molar-refractivity contribution >= 4 is 11.9 Å². The lowest BCUT2D eigenvalue weighted by Crippen LogP contribution is -2.32. The highest BCUT2D eigenvalue weighted by atomic mass is 19.1. The normalized spacial score (nSPS) is 14.0. The second-order valence-electron chi connectivity index (χ2n) is 5.61. The molecule has 0 aliphatic carbocycles. The smallest absolute Gasteiger partial charge is 0.331 e. The number of nitrogens with one attached hydrogen (secondary N) is 1. The standard InChI is InChI=1S/C14H18FN5O8/c15-10-7-18(14(24)16-13(10)23)8-26-11(21)3-4-12(22)27-9-28-17-20(25)19-5-1-2-6-19/h7H,1-6,8-9H2,(H,16,23,24)/b20-17-. The highest BCUT2D eigenvalue weighted by molar-refractivity contribution is 5.77. The SMILES string of the molecule is O=C(CCC(=O)OCn1cc(F)c(=O)[nH]c1=O)OCO/N=[N+](\[O-])N1CCCC1. The summed E-state index contributed by atoms with van der Waals surface area (Å²) in [6.45, 7) is -0.114. The number of halogens is 1. The summed E-state index contributed by atoms with van der Waals surface area (Å²) < 4.78 is 23.0. The summed E-state index contributed by atoms with van der Waals surface area (Å²) in [6, 6.07) is 0. The molecule has 13 nitrogen and oxygen atoms in total. The van der Waals surface area contributed by atoms with E-state index in [4.69, 9.17) is 4.74 Å². The first-order chi connectivity index (χ1) is 13.4. The Balaban J connectivity index is 1.63. The number of hydrazine groups is 1.